The number of amides is 2. The van der Waals surface area contributed by atoms with Gasteiger partial charge in [0.15, 0.2) is 0 Å². The van der Waals surface area contributed by atoms with Crippen LogP contribution in [0.4, 0.5) is 10.5 Å². The Kier molecular flexibility index (Phi) is 5.55. The van der Waals surface area contributed by atoms with Crippen LogP contribution >= 0.6 is 0 Å². The van der Waals surface area contributed by atoms with Crippen molar-refractivity contribution in [2.45, 2.75) is 44.6 Å². The van der Waals surface area contributed by atoms with Crippen molar-refractivity contribution in [3.63, 3.8) is 0 Å². The van der Waals surface area contributed by atoms with Crippen LogP contribution in [0.15, 0.2) is 42.7 Å². The summed E-state index contributed by atoms with van der Waals surface area (Å²) in [6.07, 6.45) is 10.7. The van der Waals surface area contributed by atoms with Crippen molar-refractivity contribution in [3.8, 4) is 0 Å². The van der Waals surface area contributed by atoms with E-state index in [9.17, 15) is 4.79 Å². The molecule has 6 nitrogen and oxygen atoms in total. The van der Waals surface area contributed by atoms with Crippen LogP contribution in [0.1, 0.15) is 37.7 Å². The number of piperidine rings is 1. The van der Waals surface area contributed by atoms with Crippen LogP contribution in [0, 0.1) is 5.41 Å². The lowest BCUT2D eigenvalue weighted by molar-refractivity contribution is 0.131. The second kappa shape index (κ2) is 8.25. The Bertz CT molecular complexity index is 783. The van der Waals surface area contributed by atoms with Gasteiger partial charge in [0.1, 0.15) is 0 Å². The predicted octanol–water partition coefficient (Wildman–Crippen LogP) is 3.10. The summed E-state index contributed by atoms with van der Waals surface area (Å²) in [7, 11) is 1.93. The molecule has 0 bridgehead atoms. The third-order valence-electron chi connectivity index (χ3n) is 6.27. The zero-order valence-corrected chi connectivity index (χ0v) is 16.7. The maximum absolute atomic E-state index is 12.5. The number of hydrogen-bond donors (Lipinski definition) is 2. The Hall–Kier alpha value is -2.50. The average Bonchev–Trinajstić information content (AvgIpc) is 3.11. The maximum atomic E-state index is 12.5. The molecule has 28 heavy (non-hydrogen) atoms. The number of anilines is 1. The monoisotopic (exact) mass is 381 g/mol. The van der Waals surface area contributed by atoms with E-state index in [1.165, 1.54) is 24.8 Å². The second-order valence-corrected chi connectivity index (χ2v) is 8.50. The summed E-state index contributed by atoms with van der Waals surface area (Å²) in [4.78, 5) is 14.9. The van der Waals surface area contributed by atoms with Gasteiger partial charge in [-0.15, -0.1) is 0 Å². The number of hydrogen-bond acceptors (Lipinski definition) is 3. The first-order chi connectivity index (χ1) is 13.6. The molecule has 1 atom stereocenters. The predicted molar refractivity (Wildman–Crippen MR) is 111 cm³/mol. The van der Waals surface area contributed by atoms with E-state index in [0.29, 0.717) is 0 Å². The van der Waals surface area contributed by atoms with E-state index < -0.39 is 0 Å². The van der Waals surface area contributed by atoms with Gasteiger partial charge in [0, 0.05) is 38.9 Å². The molecule has 2 heterocycles. The van der Waals surface area contributed by atoms with Crippen LogP contribution in [0.25, 0.3) is 0 Å². The molecule has 4 rings (SSSR count). The molecule has 1 aliphatic carbocycles. The van der Waals surface area contributed by atoms with Crippen LogP contribution in [0.2, 0.25) is 0 Å². The molecule has 0 radical (unpaired) electrons. The van der Waals surface area contributed by atoms with Gasteiger partial charge >= 0.3 is 6.03 Å². The zero-order valence-electron chi connectivity index (χ0n) is 16.7. The third kappa shape index (κ3) is 4.49. The topological polar surface area (TPSA) is 62.2 Å². The summed E-state index contributed by atoms with van der Waals surface area (Å²) in [6.45, 7) is 2.62. The third-order valence-corrected chi connectivity index (χ3v) is 6.27. The molecule has 2 aromatic rings. The fraction of sp³-hybridized carbons (Fsp3) is 0.545. The minimum absolute atomic E-state index is 0.0302. The molecule has 150 valence electrons. The Morgan fingerprint density at radius 3 is 2.75 bits per heavy atom. The van der Waals surface area contributed by atoms with Crippen LogP contribution in [0.5, 0.6) is 0 Å². The van der Waals surface area contributed by atoms with Crippen LogP contribution in [-0.4, -0.2) is 41.5 Å². The fourth-order valence-electron chi connectivity index (χ4n) is 4.53. The van der Waals surface area contributed by atoms with Crippen molar-refractivity contribution < 1.29 is 4.79 Å². The molecular formula is C22H31N5O. The SMILES string of the molecule is Cn1cc(N2CCCC(NC(=O)NCC3(Cc4ccccc4)CCC3)C2)cn1. The number of benzene rings is 1. The molecule has 1 aliphatic heterocycles. The van der Waals surface area contributed by atoms with E-state index in [1.807, 2.05) is 24.1 Å². The van der Waals surface area contributed by atoms with Crippen molar-refractivity contribution in [2.75, 3.05) is 24.5 Å². The van der Waals surface area contributed by atoms with Gasteiger partial charge in [-0.3, -0.25) is 4.68 Å². The normalized spacial score (nSPS) is 21.0. The first kappa shape index (κ1) is 18.8. The number of nitrogens with one attached hydrogen (secondary N) is 2. The van der Waals surface area contributed by atoms with Crippen LogP contribution in [0.3, 0.4) is 0 Å². The van der Waals surface area contributed by atoms with Gasteiger partial charge in [0.05, 0.1) is 11.9 Å². The van der Waals surface area contributed by atoms with Crippen molar-refractivity contribution in [3.05, 3.63) is 48.3 Å². The fourth-order valence-corrected chi connectivity index (χ4v) is 4.53. The quantitative estimate of drug-likeness (QED) is 0.808. The molecule has 2 fully saturated rings. The molecule has 1 aromatic carbocycles. The van der Waals surface area contributed by atoms with Gasteiger partial charge in [-0.1, -0.05) is 36.8 Å². The summed E-state index contributed by atoms with van der Waals surface area (Å²) in [5.74, 6) is 0. The van der Waals surface area contributed by atoms with Gasteiger partial charge in [0.2, 0.25) is 0 Å². The minimum atomic E-state index is -0.0302. The molecule has 2 aliphatic rings. The van der Waals surface area contributed by atoms with Crippen molar-refractivity contribution in [2.24, 2.45) is 12.5 Å². The first-order valence-corrected chi connectivity index (χ1v) is 10.4. The van der Waals surface area contributed by atoms with Gasteiger partial charge in [-0.05, 0) is 43.1 Å². The summed E-state index contributed by atoms with van der Waals surface area (Å²) in [5.41, 5.74) is 2.72. The van der Waals surface area contributed by atoms with E-state index in [4.69, 9.17) is 0 Å². The number of nitrogens with zero attached hydrogens (tertiary/aromatic N) is 3. The molecule has 6 heteroatoms. The van der Waals surface area contributed by atoms with Gasteiger partial charge in [-0.25, -0.2) is 4.79 Å². The summed E-state index contributed by atoms with van der Waals surface area (Å²) >= 11 is 0. The van der Waals surface area contributed by atoms with Gasteiger partial charge in [0.25, 0.3) is 0 Å². The van der Waals surface area contributed by atoms with E-state index in [1.54, 1.807) is 0 Å². The van der Waals surface area contributed by atoms with Crippen molar-refractivity contribution >= 4 is 11.7 Å². The van der Waals surface area contributed by atoms with Gasteiger partial charge in [-0.2, -0.15) is 5.10 Å². The Balaban J connectivity index is 1.27. The highest BCUT2D eigenvalue weighted by Gasteiger charge is 2.37. The lowest BCUT2D eigenvalue weighted by atomic mass is 9.65. The lowest BCUT2D eigenvalue weighted by Crippen LogP contribution is -2.53. The second-order valence-electron chi connectivity index (χ2n) is 8.50. The van der Waals surface area contributed by atoms with Crippen LogP contribution in [-0.2, 0) is 13.5 Å². The summed E-state index contributed by atoms with van der Waals surface area (Å²) in [5, 5.41) is 10.6. The van der Waals surface area contributed by atoms with E-state index in [2.05, 4.69) is 51.0 Å². The molecule has 0 spiro atoms. The number of carbonyl (C=O) groups excluding carboxylic acids is 1. The highest BCUT2D eigenvalue weighted by atomic mass is 16.2. The van der Waals surface area contributed by atoms with Gasteiger partial charge < -0.3 is 15.5 Å². The standard InChI is InChI=1S/C22H31N5O/c1-26-16-20(14-24-26)27-12-5-9-19(15-27)25-21(28)23-17-22(10-6-11-22)13-18-7-3-2-4-8-18/h2-4,7-8,14,16,19H,5-6,9-13,15,17H2,1H3,(H2,23,25,28). The Labute approximate surface area is 167 Å². The van der Waals surface area contributed by atoms with E-state index >= 15 is 0 Å². The van der Waals surface area contributed by atoms with E-state index in [0.717, 1.165) is 44.6 Å². The number of aromatic nitrogens is 2. The smallest absolute Gasteiger partial charge is 0.315 e. The highest BCUT2D eigenvalue weighted by Crippen LogP contribution is 2.43. The molecule has 1 aromatic heterocycles. The molecule has 1 unspecified atom stereocenters. The van der Waals surface area contributed by atoms with E-state index in [-0.39, 0.29) is 17.5 Å². The Morgan fingerprint density at radius 1 is 1.25 bits per heavy atom. The summed E-state index contributed by atoms with van der Waals surface area (Å²) in [6, 6.07) is 10.8. The first-order valence-electron chi connectivity index (χ1n) is 10.4. The summed E-state index contributed by atoms with van der Waals surface area (Å²) < 4.78 is 1.82. The Morgan fingerprint density at radius 2 is 2.07 bits per heavy atom. The van der Waals surface area contributed by atoms with Crippen molar-refractivity contribution in [1.29, 1.82) is 0 Å². The number of aryl methyl sites for hydroxylation is 1. The molecular weight excluding hydrogens is 350 g/mol. The average molecular weight is 382 g/mol. The number of carbonyl (C=O) groups is 1. The molecule has 1 saturated heterocycles. The molecule has 2 amide bonds. The molecule has 1 saturated carbocycles. The number of rotatable bonds is 6. The van der Waals surface area contributed by atoms with Crippen LogP contribution < -0.4 is 15.5 Å². The highest BCUT2D eigenvalue weighted by molar-refractivity contribution is 5.74. The van der Waals surface area contributed by atoms with Crippen molar-refractivity contribution in [1.82, 2.24) is 20.4 Å². The maximum Gasteiger partial charge on any atom is 0.315 e. The minimum Gasteiger partial charge on any atom is -0.367 e. The lowest BCUT2D eigenvalue weighted by Gasteiger charge is -2.42. The number of urea groups is 1. The largest absolute Gasteiger partial charge is 0.367 e. The molecule has 2 N–H and O–H groups in total. The zero-order chi connectivity index (χ0) is 19.4.